The van der Waals surface area contributed by atoms with Gasteiger partial charge in [-0.25, -0.2) is 0 Å². The molecule has 172 valence electrons. The van der Waals surface area contributed by atoms with E-state index in [1.165, 1.54) is 0 Å². The molecular weight excluding hydrogens is 444 g/mol. The Morgan fingerprint density at radius 3 is 2.58 bits per heavy atom. The zero-order chi connectivity index (χ0) is 23.2. The molecule has 3 amide bonds. The molecule has 2 saturated heterocycles. The highest BCUT2D eigenvalue weighted by atomic mass is 32.2. The van der Waals surface area contributed by atoms with E-state index in [4.69, 9.17) is 14.2 Å². The molecule has 0 bridgehead atoms. The molecule has 2 aliphatic heterocycles. The van der Waals surface area contributed by atoms with Gasteiger partial charge >= 0.3 is 0 Å². The lowest BCUT2D eigenvalue weighted by Gasteiger charge is -2.28. The molecule has 0 spiro atoms. The Bertz CT molecular complexity index is 1070. The van der Waals surface area contributed by atoms with Crippen LogP contribution in [0.4, 0.5) is 4.79 Å². The molecule has 2 aromatic carbocycles. The monoisotopic (exact) mass is 468 g/mol. The summed E-state index contributed by atoms with van der Waals surface area (Å²) in [5, 5.41) is -0.457. The van der Waals surface area contributed by atoms with Crippen LogP contribution in [0.1, 0.15) is 11.1 Å². The summed E-state index contributed by atoms with van der Waals surface area (Å²) in [6.45, 7) is 1.93. The second-order valence-corrected chi connectivity index (χ2v) is 8.44. The molecule has 8 nitrogen and oxygen atoms in total. The molecule has 33 heavy (non-hydrogen) atoms. The fourth-order valence-corrected chi connectivity index (χ4v) is 4.31. The molecule has 0 N–H and O–H groups in total. The van der Waals surface area contributed by atoms with E-state index in [1.807, 2.05) is 30.3 Å². The van der Waals surface area contributed by atoms with Crippen LogP contribution in [0, 0.1) is 0 Å². The molecule has 0 aromatic heterocycles. The summed E-state index contributed by atoms with van der Waals surface area (Å²) >= 11 is 0.822. The first-order chi connectivity index (χ1) is 16.0. The van der Waals surface area contributed by atoms with Gasteiger partial charge in [-0.15, -0.1) is 0 Å². The molecule has 0 saturated carbocycles. The predicted molar refractivity (Wildman–Crippen MR) is 124 cm³/mol. The molecule has 0 atom stereocenters. The quantitative estimate of drug-likeness (QED) is 0.577. The summed E-state index contributed by atoms with van der Waals surface area (Å²) in [4.78, 5) is 40.6. The molecule has 0 aliphatic carbocycles. The molecule has 4 rings (SSSR count). The van der Waals surface area contributed by atoms with E-state index in [-0.39, 0.29) is 17.4 Å². The number of morpholine rings is 1. The van der Waals surface area contributed by atoms with Crippen LogP contribution in [-0.4, -0.2) is 66.8 Å². The fraction of sp³-hybridized carbons (Fsp3) is 0.292. The second kappa shape index (κ2) is 10.5. The van der Waals surface area contributed by atoms with Gasteiger partial charge in [0, 0.05) is 13.1 Å². The van der Waals surface area contributed by atoms with Crippen LogP contribution in [0.5, 0.6) is 11.5 Å². The number of nitrogens with zero attached hydrogens (tertiary/aromatic N) is 2. The van der Waals surface area contributed by atoms with E-state index in [1.54, 1.807) is 36.3 Å². The number of thioether (sulfide) groups is 1. The first kappa shape index (κ1) is 22.9. The zero-order valence-electron chi connectivity index (χ0n) is 18.2. The van der Waals surface area contributed by atoms with Crippen LogP contribution < -0.4 is 9.47 Å². The summed E-state index contributed by atoms with van der Waals surface area (Å²) in [6, 6.07) is 15.0. The fourth-order valence-electron chi connectivity index (χ4n) is 3.47. The van der Waals surface area contributed by atoms with Crippen LogP contribution in [0.15, 0.2) is 53.4 Å². The summed E-state index contributed by atoms with van der Waals surface area (Å²) < 4.78 is 16.5. The minimum Gasteiger partial charge on any atom is -0.493 e. The molecule has 2 aliphatic rings. The van der Waals surface area contributed by atoms with Gasteiger partial charge in [0.05, 0.1) is 25.2 Å². The minimum absolute atomic E-state index is 0.258. The van der Waals surface area contributed by atoms with E-state index in [2.05, 4.69) is 0 Å². The number of carbonyl (C=O) groups is 3. The van der Waals surface area contributed by atoms with Crippen molar-refractivity contribution in [3.63, 3.8) is 0 Å². The van der Waals surface area contributed by atoms with E-state index >= 15 is 0 Å². The Hall–Kier alpha value is -3.30. The van der Waals surface area contributed by atoms with Crippen molar-refractivity contribution in [3.8, 4) is 11.5 Å². The van der Waals surface area contributed by atoms with Gasteiger partial charge in [0.15, 0.2) is 11.5 Å². The molecule has 9 heteroatoms. The Morgan fingerprint density at radius 2 is 1.85 bits per heavy atom. The Balaban J connectivity index is 1.47. The van der Waals surface area contributed by atoms with Crippen LogP contribution in [0.3, 0.4) is 0 Å². The van der Waals surface area contributed by atoms with Crippen molar-refractivity contribution in [3.05, 3.63) is 64.6 Å². The number of rotatable bonds is 7. The molecule has 2 aromatic rings. The highest BCUT2D eigenvalue weighted by Gasteiger charge is 2.37. The third-order valence-electron chi connectivity index (χ3n) is 5.25. The first-order valence-corrected chi connectivity index (χ1v) is 11.3. The highest BCUT2D eigenvalue weighted by molar-refractivity contribution is 8.18. The number of benzene rings is 2. The lowest BCUT2D eigenvalue weighted by molar-refractivity contribution is -0.139. The summed E-state index contributed by atoms with van der Waals surface area (Å²) in [6.07, 6.45) is 1.62. The molecule has 2 fully saturated rings. The largest absolute Gasteiger partial charge is 0.493 e. The maximum atomic E-state index is 12.8. The van der Waals surface area contributed by atoms with Crippen molar-refractivity contribution >= 4 is 34.9 Å². The summed E-state index contributed by atoms with van der Waals surface area (Å²) in [5.41, 5.74) is 1.69. The second-order valence-electron chi connectivity index (χ2n) is 7.45. The van der Waals surface area contributed by atoms with Crippen molar-refractivity contribution in [1.82, 2.24) is 9.80 Å². The number of methoxy groups -OCH3 is 1. The van der Waals surface area contributed by atoms with Crippen LogP contribution in [-0.2, 0) is 20.9 Å². The number of carbonyl (C=O) groups excluding carboxylic acids is 3. The highest BCUT2D eigenvalue weighted by Crippen LogP contribution is 2.34. The van der Waals surface area contributed by atoms with Crippen LogP contribution in [0.25, 0.3) is 6.08 Å². The average Bonchev–Trinajstić information content (AvgIpc) is 3.11. The predicted octanol–water partition coefficient (Wildman–Crippen LogP) is 3.17. The Labute approximate surface area is 196 Å². The molecular formula is C24H24N2O6S. The third-order valence-corrected chi connectivity index (χ3v) is 6.16. The minimum atomic E-state index is -0.478. The van der Waals surface area contributed by atoms with Gasteiger partial charge in [0.1, 0.15) is 13.2 Å². The topological polar surface area (TPSA) is 85.4 Å². The smallest absolute Gasteiger partial charge is 0.294 e. The van der Waals surface area contributed by atoms with Crippen molar-refractivity contribution in [2.75, 3.05) is 40.0 Å². The van der Waals surface area contributed by atoms with Gasteiger partial charge in [-0.05, 0) is 41.1 Å². The van der Waals surface area contributed by atoms with Crippen molar-refractivity contribution in [2.24, 2.45) is 0 Å². The normalized spacial score (nSPS) is 17.5. The molecule has 0 unspecified atom stereocenters. The van der Waals surface area contributed by atoms with E-state index in [9.17, 15) is 14.4 Å². The van der Waals surface area contributed by atoms with Crippen molar-refractivity contribution in [2.45, 2.75) is 6.61 Å². The van der Waals surface area contributed by atoms with E-state index < -0.39 is 11.1 Å². The lowest BCUT2D eigenvalue weighted by Crippen LogP contribution is -2.46. The van der Waals surface area contributed by atoms with Gasteiger partial charge in [-0.2, -0.15) is 0 Å². The number of amides is 3. The standard InChI is InChI=1S/C24H24N2O6S/c1-30-19-8-7-18(13-20(19)32-16-17-5-3-2-4-6-17)14-21-23(28)26(24(29)33-21)15-22(27)25-9-11-31-12-10-25/h2-8,13-14H,9-12,15-16H2,1H3/b21-14+. The molecule has 0 radical (unpaired) electrons. The van der Waals surface area contributed by atoms with Crippen molar-refractivity contribution in [1.29, 1.82) is 0 Å². The maximum absolute atomic E-state index is 12.8. The van der Waals surface area contributed by atoms with Crippen molar-refractivity contribution < 1.29 is 28.6 Å². The third kappa shape index (κ3) is 5.55. The number of hydrogen-bond acceptors (Lipinski definition) is 7. The van der Waals surface area contributed by atoms with Gasteiger partial charge < -0.3 is 19.1 Å². The Kier molecular flexibility index (Phi) is 7.31. The van der Waals surface area contributed by atoms with Gasteiger partial charge in [-0.1, -0.05) is 36.4 Å². The zero-order valence-corrected chi connectivity index (χ0v) is 19.0. The van der Waals surface area contributed by atoms with E-state index in [0.717, 1.165) is 22.2 Å². The molecule has 2 heterocycles. The summed E-state index contributed by atoms with van der Waals surface area (Å²) in [7, 11) is 1.56. The lowest BCUT2D eigenvalue weighted by atomic mass is 10.1. The van der Waals surface area contributed by atoms with Gasteiger partial charge in [-0.3, -0.25) is 19.3 Å². The average molecular weight is 469 g/mol. The number of ether oxygens (including phenoxy) is 3. The maximum Gasteiger partial charge on any atom is 0.294 e. The van der Waals surface area contributed by atoms with Gasteiger partial charge in [0.25, 0.3) is 11.1 Å². The van der Waals surface area contributed by atoms with Gasteiger partial charge in [0.2, 0.25) is 5.91 Å². The summed E-state index contributed by atoms with van der Waals surface area (Å²) in [5.74, 6) is 0.348. The Morgan fingerprint density at radius 1 is 1.09 bits per heavy atom. The SMILES string of the molecule is COc1ccc(/C=C2/SC(=O)N(CC(=O)N3CCOCC3)C2=O)cc1OCc1ccccc1. The number of imide groups is 1. The van der Waals surface area contributed by atoms with Crippen LogP contribution in [0.2, 0.25) is 0 Å². The van der Waals surface area contributed by atoms with Crippen LogP contribution >= 0.6 is 11.8 Å². The first-order valence-electron chi connectivity index (χ1n) is 10.5. The number of hydrogen-bond donors (Lipinski definition) is 0. The van der Waals surface area contributed by atoms with E-state index in [0.29, 0.717) is 50.0 Å².